The quantitative estimate of drug-likeness (QED) is 0.775. The molecule has 1 atom stereocenters. The Hall–Kier alpha value is -0.900. The van der Waals surface area contributed by atoms with Crippen molar-refractivity contribution in [2.75, 3.05) is 33.0 Å². The van der Waals surface area contributed by atoms with Crippen LogP contribution in [0.4, 0.5) is 0 Å². The van der Waals surface area contributed by atoms with E-state index in [4.69, 9.17) is 9.47 Å². The van der Waals surface area contributed by atoms with Crippen molar-refractivity contribution >= 4 is 0 Å². The molecule has 0 aliphatic carbocycles. The molecule has 3 rings (SSSR count). The third-order valence-corrected chi connectivity index (χ3v) is 3.85. The molecular formula is C14H19NO2. The Bertz CT molecular complexity index is 360. The lowest BCUT2D eigenvalue weighted by molar-refractivity contribution is -0.0749. The van der Waals surface area contributed by atoms with Crippen molar-refractivity contribution in [2.45, 2.75) is 18.5 Å². The van der Waals surface area contributed by atoms with Crippen LogP contribution in [0, 0.1) is 0 Å². The van der Waals surface area contributed by atoms with E-state index in [1.165, 1.54) is 5.56 Å². The van der Waals surface area contributed by atoms with Crippen LogP contribution in [-0.4, -0.2) is 43.4 Å². The highest BCUT2D eigenvalue weighted by molar-refractivity contribution is 5.15. The van der Waals surface area contributed by atoms with E-state index < -0.39 is 0 Å². The summed E-state index contributed by atoms with van der Waals surface area (Å²) < 4.78 is 11.2. The van der Waals surface area contributed by atoms with Gasteiger partial charge < -0.3 is 9.47 Å². The largest absolute Gasteiger partial charge is 0.379 e. The number of nitrogens with zero attached hydrogens (tertiary/aromatic N) is 1. The molecule has 2 aliphatic heterocycles. The average Bonchev–Trinajstić information content (AvgIpc) is 2.83. The summed E-state index contributed by atoms with van der Waals surface area (Å²) in [5.41, 5.74) is 1.51. The first-order valence-electron chi connectivity index (χ1n) is 6.34. The highest BCUT2D eigenvalue weighted by atomic mass is 16.5. The van der Waals surface area contributed by atoms with Gasteiger partial charge in [-0.2, -0.15) is 0 Å². The minimum absolute atomic E-state index is 0.133. The predicted molar refractivity (Wildman–Crippen MR) is 65.8 cm³/mol. The summed E-state index contributed by atoms with van der Waals surface area (Å²) in [5.74, 6) is 0. The summed E-state index contributed by atoms with van der Waals surface area (Å²) in [4.78, 5) is 2.54. The van der Waals surface area contributed by atoms with Gasteiger partial charge in [0.25, 0.3) is 0 Å². The van der Waals surface area contributed by atoms with Crippen molar-refractivity contribution < 1.29 is 9.47 Å². The maximum absolute atomic E-state index is 5.65. The maximum atomic E-state index is 5.65. The zero-order valence-electron chi connectivity index (χ0n) is 10.1. The van der Waals surface area contributed by atoms with Crippen LogP contribution in [0.15, 0.2) is 30.3 Å². The van der Waals surface area contributed by atoms with Gasteiger partial charge in [-0.25, -0.2) is 0 Å². The van der Waals surface area contributed by atoms with Crippen LogP contribution in [-0.2, 0) is 16.0 Å². The molecule has 3 nitrogen and oxygen atoms in total. The van der Waals surface area contributed by atoms with Gasteiger partial charge >= 0.3 is 0 Å². The number of benzene rings is 1. The molecule has 0 amide bonds. The van der Waals surface area contributed by atoms with Crippen molar-refractivity contribution in [3.05, 3.63) is 35.9 Å². The fourth-order valence-electron chi connectivity index (χ4n) is 2.78. The number of morpholine rings is 1. The molecule has 0 aromatic heterocycles. The van der Waals surface area contributed by atoms with Crippen LogP contribution < -0.4 is 0 Å². The summed E-state index contributed by atoms with van der Waals surface area (Å²) in [6, 6.07) is 10.7. The molecule has 2 aliphatic rings. The van der Waals surface area contributed by atoms with Crippen LogP contribution in [0.1, 0.15) is 12.0 Å². The predicted octanol–water partition coefficient (Wildman–Crippen LogP) is 1.68. The van der Waals surface area contributed by atoms with Gasteiger partial charge in [-0.15, -0.1) is 0 Å². The SMILES string of the molecule is c1ccc(CN2CCOC[C@]23CCOC3)cc1. The first kappa shape index (κ1) is 11.2. The van der Waals surface area contributed by atoms with Crippen LogP contribution in [0.3, 0.4) is 0 Å². The third-order valence-electron chi connectivity index (χ3n) is 3.85. The van der Waals surface area contributed by atoms with E-state index in [0.717, 1.165) is 45.9 Å². The van der Waals surface area contributed by atoms with E-state index in [-0.39, 0.29) is 5.54 Å². The molecule has 0 saturated carbocycles. The Labute approximate surface area is 102 Å². The number of hydrogen-bond acceptors (Lipinski definition) is 3. The van der Waals surface area contributed by atoms with Gasteiger partial charge in [-0.1, -0.05) is 30.3 Å². The highest BCUT2D eigenvalue weighted by Crippen LogP contribution is 2.30. The van der Waals surface area contributed by atoms with E-state index >= 15 is 0 Å². The molecule has 1 spiro atoms. The zero-order valence-corrected chi connectivity index (χ0v) is 10.1. The minimum Gasteiger partial charge on any atom is -0.379 e. The number of hydrogen-bond donors (Lipinski definition) is 0. The van der Waals surface area contributed by atoms with E-state index in [1.807, 2.05) is 0 Å². The van der Waals surface area contributed by atoms with Gasteiger partial charge in [0.1, 0.15) is 0 Å². The van der Waals surface area contributed by atoms with E-state index in [0.29, 0.717) is 0 Å². The van der Waals surface area contributed by atoms with Gasteiger partial charge in [-0.05, 0) is 12.0 Å². The summed E-state index contributed by atoms with van der Waals surface area (Å²) in [6.07, 6.45) is 1.10. The molecule has 92 valence electrons. The molecule has 3 heteroatoms. The van der Waals surface area contributed by atoms with Gasteiger partial charge in [0, 0.05) is 19.7 Å². The molecule has 1 aromatic rings. The number of rotatable bonds is 2. The molecule has 0 N–H and O–H groups in total. The fraction of sp³-hybridized carbons (Fsp3) is 0.571. The molecule has 0 unspecified atom stereocenters. The Morgan fingerprint density at radius 3 is 2.59 bits per heavy atom. The lowest BCUT2D eigenvalue weighted by atomic mass is 9.95. The summed E-state index contributed by atoms with van der Waals surface area (Å²) in [6.45, 7) is 5.37. The van der Waals surface area contributed by atoms with E-state index in [2.05, 4.69) is 35.2 Å². The lowest BCUT2D eigenvalue weighted by Crippen LogP contribution is -2.56. The van der Waals surface area contributed by atoms with Gasteiger partial charge in [0.05, 0.1) is 25.4 Å². The second-order valence-corrected chi connectivity index (χ2v) is 4.99. The van der Waals surface area contributed by atoms with E-state index in [9.17, 15) is 0 Å². The molecule has 2 fully saturated rings. The Balaban J connectivity index is 1.76. The highest BCUT2D eigenvalue weighted by Gasteiger charge is 2.42. The Morgan fingerprint density at radius 2 is 1.82 bits per heavy atom. The molecule has 2 heterocycles. The van der Waals surface area contributed by atoms with Crippen molar-refractivity contribution in [3.63, 3.8) is 0 Å². The molecule has 17 heavy (non-hydrogen) atoms. The molecule has 0 radical (unpaired) electrons. The smallest absolute Gasteiger partial charge is 0.0704 e. The Morgan fingerprint density at radius 1 is 1.06 bits per heavy atom. The molecule has 1 aromatic carbocycles. The van der Waals surface area contributed by atoms with Crippen molar-refractivity contribution in [1.29, 1.82) is 0 Å². The summed E-state index contributed by atoms with van der Waals surface area (Å²) in [5, 5.41) is 0. The van der Waals surface area contributed by atoms with Gasteiger partial charge in [0.2, 0.25) is 0 Å². The monoisotopic (exact) mass is 233 g/mol. The maximum Gasteiger partial charge on any atom is 0.0704 e. The molecule has 2 saturated heterocycles. The van der Waals surface area contributed by atoms with E-state index in [1.54, 1.807) is 0 Å². The van der Waals surface area contributed by atoms with Crippen LogP contribution >= 0.6 is 0 Å². The first-order valence-corrected chi connectivity index (χ1v) is 6.34. The minimum atomic E-state index is 0.133. The summed E-state index contributed by atoms with van der Waals surface area (Å²) in [7, 11) is 0. The molecular weight excluding hydrogens is 214 g/mol. The van der Waals surface area contributed by atoms with Crippen molar-refractivity contribution in [2.24, 2.45) is 0 Å². The standard InChI is InChI=1S/C14H19NO2/c1-2-4-13(5-3-1)10-15-7-9-17-12-14(15)6-8-16-11-14/h1-5H,6-12H2/t14-/m1/s1. The second-order valence-electron chi connectivity index (χ2n) is 4.99. The lowest BCUT2D eigenvalue weighted by Gasteiger charge is -2.43. The topological polar surface area (TPSA) is 21.7 Å². The van der Waals surface area contributed by atoms with Crippen LogP contribution in [0.5, 0.6) is 0 Å². The second kappa shape index (κ2) is 4.77. The van der Waals surface area contributed by atoms with Gasteiger partial charge in [-0.3, -0.25) is 4.90 Å². The van der Waals surface area contributed by atoms with Crippen molar-refractivity contribution in [1.82, 2.24) is 4.90 Å². The van der Waals surface area contributed by atoms with Gasteiger partial charge in [0.15, 0.2) is 0 Å². The zero-order chi connectivity index (χ0) is 11.6. The normalized spacial score (nSPS) is 29.9. The number of ether oxygens (including phenoxy) is 2. The van der Waals surface area contributed by atoms with Crippen LogP contribution in [0.2, 0.25) is 0 Å². The molecule has 0 bridgehead atoms. The van der Waals surface area contributed by atoms with Crippen LogP contribution in [0.25, 0.3) is 0 Å². The average molecular weight is 233 g/mol. The van der Waals surface area contributed by atoms with Crippen molar-refractivity contribution in [3.8, 4) is 0 Å². The third kappa shape index (κ3) is 2.23. The first-order chi connectivity index (χ1) is 8.39. The Kier molecular flexibility index (Phi) is 3.14. The summed E-state index contributed by atoms with van der Waals surface area (Å²) >= 11 is 0. The fourth-order valence-corrected chi connectivity index (χ4v) is 2.78.